The van der Waals surface area contributed by atoms with E-state index < -0.39 is 0 Å². The molecule has 0 amide bonds. The Labute approximate surface area is 172 Å². The highest BCUT2D eigenvalue weighted by molar-refractivity contribution is 4.76. The molecule has 164 valence electrons. The van der Waals surface area contributed by atoms with Crippen LogP contribution < -0.4 is 0 Å². The molecule has 0 saturated heterocycles. The molecule has 0 aromatic heterocycles. The van der Waals surface area contributed by atoms with Crippen molar-refractivity contribution in [2.24, 2.45) is 23.7 Å². The molecule has 27 heavy (non-hydrogen) atoms. The average molecular weight is 385 g/mol. The van der Waals surface area contributed by atoms with Crippen molar-refractivity contribution in [2.45, 2.75) is 106 Å². The quantitative estimate of drug-likeness (QED) is 0.211. The van der Waals surface area contributed by atoms with E-state index in [1.165, 1.54) is 25.7 Å². The normalized spacial score (nSPS) is 13.0. The third kappa shape index (κ3) is 25.7. The van der Waals surface area contributed by atoms with E-state index >= 15 is 0 Å². The van der Waals surface area contributed by atoms with E-state index in [1.54, 1.807) is 0 Å². The smallest absolute Gasteiger partial charge is 0.0626 e. The summed E-state index contributed by atoms with van der Waals surface area (Å²) in [7, 11) is 0. The van der Waals surface area contributed by atoms with Crippen LogP contribution in [0.2, 0.25) is 0 Å². The molecule has 0 N–H and O–H groups in total. The summed E-state index contributed by atoms with van der Waals surface area (Å²) in [5.41, 5.74) is 0.0375. The predicted octanol–water partition coefficient (Wildman–Crippen LogP) is 7.92. The van der Waals surface area contributed by atoms with E-state index in [0.717, 1.165) is 50.4 Å². The summed E-state index contributed by atoms with van der Waals surface area (Å²) < 4.78 is 11.4. The van der Waals surface area contributed by atoms with Gasteiger partial charge in [-0.1, -0.05) is 61.0 Å². The molecule has 0 saturated carbocycles. The highest BCUT2D eigenvalue weighted by Gasteiger charge is 2.18. The van der Waals surface area contributed by atoms with E-state index in [4.69, 9.17) is 9.47 Å². The van der Waals surface area contributed by atoms with Crippen LogP contribution in [-0.2, 0) is 9.47 Å². The molecule has 0 aliphatic carbocycles. The fraction of sp³-hybridized carbons (Fsp3) is 0.920. The Balaban J connectivity index is 0. The Bertz CT molecular complexity index is 308. The predicted molar refractivity (Wildman–Crippen MR) is 122 cm³/mol. The summed E-state index contributed by atoms with van der Waals surface area (Å²) in [6.45, 7) is 26.6. The highest BCUT2D eigenvalue weighted by atomic mass is 16.5. The van der Waals surface area contributed by atoms with Crippen LogP contribution in [0.3, 0.4) is 0 Å². The van der Waals surface area contributed by atoms with Gasteiger partial charge in [0, 0.05) is 19.8 Å². The molecule has 1 unspecified atom stereocenters. The third-order valence-electron chi connectivity index (χ3n) is 4.71. The van der Waals surface area contributed by atoms with Gasteiger partial charge in [-0.3, -0.25) is 0 Å². The van der Waals surface area contributed by atoms with Crippen molar-refractivity contribution in [3.63, 3.8) is 0 Å². The topological polar surface area (TPSA) is 18.5 Å². The van der Waals surface area contributed by atoms with Gasteiger partial charge in [0.1, 0.15) is 0 Å². The molecule has 0 radical (unpaired) electrons. The molecule has 0 heterocycles. The largest absolute Gasteiger partial charge is 0.381 e. The van der Waals surface area contributed by atoms with Gasteiger partial charge in [-0.15, -0.1) is 6.58 Å². The maximum Gasteiger partial charge on any atom is 0.0626 e. The monoisotopic (exact) mass is 384 g/mol. The van der Waals surface area contributed by atoms with E-state index in [9.17, 15) is 0 Å². The van der Waals surface area contributed by atoms with E-state index in [0.29, 0.717) is 5.92 Å². The molecule has 2 nitrogen and oxygen atoms in total. The maximum atomic E-state index is 5.93. The number of ether oxygens (including phenoxy) is 2. The SMILES string of the molecule is C=CC(C)CCCC(C)(C)OCCC(C)C.CC(C)CCOCCC(C)C. The van der Waals surface area contributed by atoms with E-state index in [-0.39, 0.29) is 5.60 Å². The molecular weight excluding hydrogens is 332 g/mol. The molecule has 1 atom stereocenters. The molecule has 0 aliphatic rings. The Morgan fingerprint density at radius 1 is 0.741 bits per heavy atom. The van der Waals surface area contributed by atoms with Gasteiger partial charge >= 0.3 is 0 Å². The summed E-state index contributed by atoms with van der Waals surface area (Å²) in [5, 5.41) is 0. The Kier molecular flexibility index (Phi) is 19.0. The van der Waals surface area contributed by atoms with Crippen LogP contribution in [0.15, 0.2) is 12.7 Å². The van der Waals surface area contributed by atoms with Crippen LogP contribution in [0, 0.1) is 23.7 Å². The molecular formula is C25H52O2. The Hall–Kier alpha value is -0.340. The standard InChI is InChI=1S/C15H30O.C10H22O/c1-7-14(4)9-8-11-15(5,6)16-12-10-13(2)3;1-9(2)5-7-11-8-6-10(3)4/h7,13-14H,1,8-12H2,2-6H3;9-10H,5-8H2,1-4H3. The number of hydrogen-bond acceptors (Lipinski definition) is 2. The van der Waals surface area contributed by atoms with Gasteiger partial charge in [0.05, 0.1) is 5.60 Å². The summed E-state index contributed by atoms with van der Waals surface area (Å²) in [6.07, 6.45) is 9.17. The number of hydrogen-bond donors (Lipinski definition) is 0. The first kappa shape index (κ1) is 28.9. The van der Waals surface area contributed by atoms with Gasteiger partial charge in [-0.25, -0.2) is 0 Å². The van der Waals surface area contributed by atoms with E-state index in [1.807, 2.05) is 6.08 Å². The second-order valence-electron chi connectivity index (χ2n) is 9.87. The maximum absolute atomic E-state index is 5.93. The molecule has 0 aliphatic heterocycles. The van der Waals surface area contributed by atoms with Gasteiger partial charge in [-0.2, -0.15) is 0 Å². The van der Waals surface area contributed by atoms with Crippen LogP contribution in [-0.4, -0.2) is 25.4 Å². The molecule has 0 spiro atoms. The summed E-state index contributed by atoms with van der Waals surface area (Å²) >= 11 is 0. The Morgan fingerprint density at radius 2 is 1.19 bits per heavy atom. The molecule has 0 fully saturated rings. The van der Waals surface area contributed by atoms with Crippen molar-refractivity contribution < 1.29 is 9.47 Å². The number of rotatable bonds is 15. The van der Waals surface area contributed by atoms with Crippen molar-refractivity contribution in [2.75, 3.05) is 19.8 Å². The van der Waals surface area contributed by atoms with Crippen molar-refractivity contribution in [3.05, 3.63) is 12.7 Å². The zero-order valence-electron chi connectivity index (χ0n) is 20.3. The second-order valence-corrected chi connectivity index (χ2v) is 9.87. The first-order valence-corrected chi connectivity index (χ1v) is 11.3. The van der Waals surface area contributed by atoms with Crippen molar-refractivity contribution in [1.29, 1.82) is 0 Å². The summed E-state index contributed by atoms with van der Waals surface area (Å²) in [6, 6.07) is 0. The first-order valence-electron chi connectivity index (χ1n) is 11.3. The third-order valence-corrected chi connectivity index (χ3v) is 4.71. The van der Waals surface area contributed by atoms with E-state index in [2.05, 4.69) is 68.9 Å². The minimum absolute atomic E-state index is 0.0375. The van der Waals surface area contributed by atoms with Gasteiger partial charge in [0.2, 0.25) is 0 Å². The summed E-state index contributed by atoms with van der Waals surface area (Å²) in [4.78, 5) is 0. The lowest BCUT2D eigenvalue weighted by Gasteiger charge is -2.26. The zero-order chi connectivity index (χ0) is 21.3. The molecule has 2 heteroatoms. The molecule has 0 aromatic rings. The van der Waals surface area contributed by atoms with Crippen molar-refractivity contribution in [3.8, 4) is 0 Å². The van der Waals surface area contributed by atoms with Crippen LogP contribution in [0.25, 0.3) is 0 Å². The lowest BCUT2D eigenvalue weighted by atomic mass is 9.96. The minimum Gasteiger partial charge on any atom is -0.381 e. The highest BCUT2D eigenvalue weighted by Crippen LogP contribution is 2.21. The lowest BCUT2D eigenvalue weighted by Crippen LogP contribution is -2.25. The van der Waals surface area contributed by atoms with Crippen LogP contribution in [0.5, 0.6) is 0 Å². The van der Waals surface area contributed by atoms with Crippen molar-refractivity contribution >= 4 is 0 Å². The molecule has 0 rings (SSSR count). The van der Waals surface area contributed by atoms with Crippen LogP contribution in [0.1, 0.15) is 101 Å². The molecule has 0 bridgehead atoms. The first-order chi connectivity index (χ1) is 12.5. The second kappa shape index (κ2) is 17.7. The fourth-order valence-electron chi connectivity index (χ4n) is 2.35. The Morgan fingerprint density at radius 3 is 1.59 bits per heavy atom. The summed E-state index contributed by atoms with van der Waals surface area (Å²) in [5.74, 6) is 2.91. The zero-order valence-corrected chi connectivity index (χ0v) is 20.3. The van der Waals surface area contributed by atoms with Gasteiger partial charge in [-0.05, 0) is 69.6 Å². The lowest BCUT2D eigenvalue weighted by molar-refractivity contribution is -0.0295. The van der Waals surface area contributed by atoms with Gasteiger partial charge in [0.15, 0.2) is 0 Å². The number of allylic oxidation sites excluding steroid dienone is 1. The average Bonchev–Trinajstić information content (AvgIpc) is 2.53. The van der Waals surface area contributed by atoms with Gasteiger partial charge in [0.25, 0.3) is 0 Å². The molecule has 0 aromatic carbocycles. The van der Waals surface area contributed by atoms with Crippen LogP contribution in [0.4, 0.5) is 0 Å². The van der Waals surface area contributed by atoms with Gasteiger partial charge < -0.3 is 9.47 Å². The van der Waals surface area contributed by atoms with Crippen LogP contribution >= 0.6 is 0 Å². The van der Waals surface area contributed by atoms with Crippen molar-refractivity contribution in [1.82, 2.24) is 0 Å². The fourth-order valence-corrected chi connectivity index (χ4v) is 2.35. The minimum atomic E-state index is 0.0375.